The Hall–Kier alpha value is -5.21. The number of unbranched alkanes of at least 4 members (excludes halogenated alkanes) is 1. The molecule has 0 saturated heterocycles. The standard InChI is InChI=1S/C49H68N6O9/c1-29(2)9-8-10-30(3)36-18-19-37-35-17-14-32-28-34(22-24-48(32,4)38(35)23-25-49(36,37)5)63-47(60)52-41(27-31-12-15-33(56)16-13-31)45(57)51-40(46(58)59)11-6-7-26-50-39-20-21-42(55(61)62)44-43(39)53-64-54-44/h12-16,20-21,29-30,34-38,40-41,50,56H,6-11,17-19,22-28H2,1-5H3,(H,51,57)(H,52,60)(H,58,59)/t30-,34+,35+,36-,37+,38+,40-,41-,48+,49-/m1/s1. The van der Waals surface area contributed by atoms with Crippen LogP contribution >= 0.6 is 0 Å². The zero-order valence-corrected chi connectivity index (χ0v) is 38.1. The number of nitro benzene ring substituents is 1. The van der Waals surface area contributed by atoms with E-state index in [1.54, 1.807) is 12.1 Å². The molecule has 0 spiro atoms. The number of aliphatic carboxylic acids is 1. The van der Waals surface area contributed by atoms with Crippen LogP contribution in [0.25, 0.3) is 11.0 Å². The number of hydrogen-bond donors (Lipinski definition) is 5. The van der Waals surface area contributed by atoms with Gasteiger partial charge in [0.2, 0.25) is 11.4 Å². The van der Waals surface area contributed by atoms with Gasteiger partial charge in [0.1, 0.15) is 23.9 Å². The lowest BCUT2D eigenvalue weighted by Crippen LogP contribution is -2.53. The Morgan fingerprint density at radius 2 is 1.67 bits per heavy atom. The number of aromatic nitrogens is 2. The van der Waals surface area contributed by atoms with Crippen molar-refractivity contribution in [3.8, 4) is 5.75 Å². The lowest BCUT2D eigenvalue weighted by molar-refractivity contribution is -0.383. The van der Waals surface area contributed by atoms with Crippen LogP contribution in [-0.4, -0.2) is 68.2 Å². The maximum atomic E-state index is 13.8. The van der Waals surface area contributed by atoms with Gasteiger partial charge in [-0.15, -0.1) is 0 Å². The van der Waals surface area contributed by atoms with Gasteiger partial charge in [-0.05, 0) is 145 Å². The molecule has 15 heteroatoms. The summed E-state index contributed by atoms with van der Waals surface area (Å²) < 4.78 is 10.8. The molecular formula is C49H68N6O9. The number of allylic oxidation sites excluding steroid dienone is 1. The number of amides is 2. The van der Waals surface area contributed by atoms with Crippen molar-refractivity contribution in [3.05, 3.63) is 63.7 Å². The minimum absolute atomic E-state index is 0.0191. The second-order valence-electron chi connectivity index (χ2n) is 20.3. The van der Waals surface area contributed by atoms with Crippen molar-refractivity contribution in [1.29, 1.82) is 0 Å². The summed E-state index contributed by atoms with van der Waals surface area (Å²) in [7, 11) is 0. The molecular weight excluding hydrogens is 817 g/mol. The number of rotatable bonds is 19. The van der Waals surface area contributed by atoms with Crippen molar-refractivity contribution < 1.29 is 38.9 Å². The van der Waals surface area contributed by atoms with Crippen LogP contribution in [0.15, 0.2) is 52.7 Å². The first kappa shape index (κ1) is 46.8. The number of aromatic hydroxyl groups is 1. The number of nitrogens with zero attached hydrogens (tertiary/aromatic N) is 3. The highest BCUT2D eigenvalue weighted by molar-refractivity contribution is 5.93. The number of phenolic OH excluding ortho intramolecular Hbond substituents is 1. The molecule has 2 aromatic carbocycles. The maximum absolute atomic E-state index is 13.8. The van der Waals surface area contributed by atoms with Crippen molar-refractivity contribution >= 4 is 40.4 Å². The van der Waals surface area contributed by atoms with Crippen LogP contribution in [0.1, 0.15) is 130 Å². The normalized spacial score (nSPS) is 27.6. The quantitative estimate of drug-likeness (QED) is 0.0329. The first-order valence-electron chi connectivity index (χ1n) is 23.7. The Morgan fingerprint density at radius 3 is 2.41 bits per heavy atom. The number of anilines is 1. The van der Waals surface area contributed by atoms with Crippen LogP contribution in [0.5, 0.6) is 5.75 Å². The van der Waals surface area contributed by atoms with E-state index < -0.39 is 35.0 Å². The average molecular weight is 885 g/mol. The number of non-ortho nitro benzene ring substituents is 1. The highest BCUT2D eigenvalue weighted by atomic mass is 16.6. The van der Waals surface area contributed by atoms with E-state index in [0.717, 1.165) is 42.9 Å². The largest absolute Gasteiger partial charge is 0.508 e. The Kier molecular flexibility index (Phi) is 14.5. The Balaban J connectivity index is 0.937. The van der Waals surface area contributed by atoms with Gasteiger partial charge in [0.15, 0.2) is 5.52 Å². The number of nitrogens with one attached hydrogen (secondary N) is 3. The predicted molar refractivity (Wildman–Crippen MR) is 242 cm³/mol. The minimum Gasteiger partial charge on any atom is -0.508 e. The number of hydrogen-bond acceptors (Lipinski definition) is 11. The summed E-state index contributed by atoms with van der Waals surface area (Å²) in [5, 5.41) is 47.2. The molecule has 1 heterocycles. The first-order valence-corrected chi connectivity index (χ1v) is 23.7. The average Bonchev–Trinajstić information content (AvgIpc) is 3.89. The fraction of sp³-hybridized carbons (Fsp3) is 0.653. The van der Waals surface area contributed by atoms with Crippen molar-refractivity contribution in [1.82, 2.24) is 20.9 Å². The maximum Gasteiger partial charge on any atom is 0.408 e. The summed E-state index contributed by atoms with van der Waals surface area (Å²) >= 11 is 0. The highest BCUT2D eigenvalue weighted by Crippen LogP contribution is 2.67. The number of nitro groups is 1. The molecule has 5 N–H and O–H groups in total. The predicted octanol–water partition coefficient (Wildman–Crippen LogP) is 9.74. The minimum atomic E-state index is -1.23. The Labute approximate surface area is 376 Å². The van der Waals surface area contributed by atoms with E-state index in [1.165, 1.54) is 74.8 Å². The van der Waals surface area contributed by atoms with Gasteiger partial charge in [-0.1, -0.05) is 77.7 Å². The molecule has 15 nitrogen and oxygen atoms in total. The number of phenols is 1. The van der Waals surface area contributed by atoms with Gasteiger partial charge in [-0.25, -0.2) is 14.2 Å². The molecule has 10 atom stereocenters. The number of benzene rings is 2. The molecule has 0 aliphatic heterocycles. The SMILES string of the molecule is CC(C)CCC[C@@H](C)[C@H]1CC[C@H]2[C@@H]3CC=C4C[C@@H](OC(=O)N[C@H](Cc5ccc(O)cc5)C(=O)N[C@H](CCCCNc5ccc([N+](=O)[O-])c6nonc56)C(=O)O)CC[C@]4(C)[C@H]3CC[C@]12C. The number of fused-ring (bicyclic) bond motifs is 6. The lowest BCUT2D eigenvalue weighted by Gasteiger charge is -2.58. The zero-order chi connectivity index (χ0) is 45.8. The summed E-state index contributed by atoms with van der Waals surface area (Å²) in [5.74, 6) is 2.59. The Morgan fingerprint density at radius 1 is 0.906 bits per heavy atom. The Bertz CT molecular complexity index is 2170. The number of carboxylic acid groups (broad SMARTS) is 1. The van der Waals surface area contributed by atoms with Gasteiger partial charge in [0.25, 0.3) is 0 Å². The molecule has 0 unspecified atom stereocenters. The molecule has 3 saturated carbocycles. The summed E-state index contributed by atoms with van der Waals surface area (Å²) in [6.07, 6.45) is 15.1. The van der Waals surface area contributed by atoms with Gasteiger partial charge in [-0.3, -0.25) is 14.9 Å². The third-order valence-electron chi connectivity index (χ3n) is 16.0. The molecule has 0 radical (unpaired) electrons. The molecule has 3 aromatic rings. The van der Waals surface area contributed by atoms with E-state index in [4.69, 9.17) is 9.37 Å². The van der Waals surface area contributed by atoms with Gasteiger partial charge in [0, 0.05) is 25.5 Å². The van der Waals surface area contributed by atoms with Crippen LogP contribution < -0.4 is 16.0 Å². The van der Waals surface area contributed by atoms with Crippen LogP contribution in [0.4, 0.5) is 16.2 Å². The second kappa shape index (κ2) is 19.9. The lowest BCUT2D eigenvalue weighted by atomic mass is 9.47. The monoisotopic (exact) mass is 885 g/mol. The van der Waals surface area contributed by atoms with Gasteiger partial charge < -0.3 is 30.9 Å². The van der Waals surface area contributed by atoms with Crippen LogP contribution in [-0.2, 0) is 20.7 Å². The molecule has 0 bridgehead atoms. The van der Waals surface area contributed by atoms with Crippen molar-refractivity contribution in [2.24, 2.45) is 46.3 Å². The van der Waals surface area contributed by atoms with Gasteiger partial charge >= 0.3 is 17.7 Å². The molecule has 7 rings (SSSR count). The summed E-state index contributed by atoms with van der Waals surface area (Å²) in [4.78, 5) is 50.6. The van der Waals surface area contributed by atoms with Gasteiger partial charge in [0.05, 0.1) is 10.6 Å². The van der Waals surface area contributed by atoms with Gasteiger partial charge in [-0.2, -0.15) is 0 Å². The van der Waals surface area contributed by atoms with E-state index in [0.29, 0.717) is 54.3 Å². The summed E-state index contributed by atoms with van der Waals surface area (Å²) in [6.45, 7) is 12.6. The van der Waals surface area contributed by atoms with Crippen molar-refractivity contribution in [2.45, 2.75) is 149 Å². The van der Waals surface area contributed by atoms with Crippen LogP contribution in [0.3, 0.4) is 0 Å². The summed E-state index contributed by atoms with van der Waals surface area (Å²) in [6, 6.07) is 6.72. The van der Waals surface area contributed by atoms with Crippen molar-refractivity contribution in [3.63, 3.8) is 0 Å². The fourth-order valence-corrected chi connectivity index (χ4v) is 12.5. The number of carboxylic acids is 1. The van der Waals surface area contributed by atoms with Crippen LogP contribution in [0.2, 0.25) is 0 Å². The smallest absolute Gasteiger partial charge is 0.408 e. The van der Waals surface area contributed by atoms with E-state index in [2.05, 4.69) is 67.0 Å². The molecule has 4 aliphatic rings. The molecule has 2 amide bonds. The van der Waals surface area contributed by atoms with E-state index in [1.807, 2.05) is 0 Å². The third-order valence-corrected chi connectivity index (χ3v) is 16.0. The molecule has 1 aromatic heterocycles. The molecule has 3 fully saturated rings. The van der Waals surface area contributed by atoms with E-state index in [-0.39, 0.29) is 46.8 Å². The number of carbonyl (C=O) groups excluding carboxylic acids is 2. The first-order chi connectivity index (χ1) is 30.6. The molecule has 64 heavy (non-hydrogen) atoms. The number of carbonyl (C=O) groups is 3. The number of ether oxygens (including phenoxy) is 1. The zero-order valence-electron chi connectivity index (χ0n) is 38.1. The summed E-state index contributed by atoms with van der Waals surface area (Å²) in [5.41, 5.74) is 3.03. The fourth-order valence-electron chi connectivity index (χ4n) is 12.5. The topological polar surface area (TPSA) is 219 Å². The van der Waals surface area contributed by atoms with E-state index in [9.17, 15) is 34.7 Å². The van der Waals surface area contributed by atoms with Crippen molar-refractivity contribution in [2.75, 3.05) is 11.9 Å². The van der Waals surface area contributed by atoms with E-state index >= 15 is 0 Å². The highest BCUT2D eigenvalue weighted by Gasteiger charge is 2.59. The molecule has 4 aliphatic carbocycles. The number of alkyl carbamates (subject to hydrolysis) is 1. The molecule has 348 valence electrons. The second-order valence-corrected chi connectivity index (χ2v) is 20.3. The third kappa shape index (κ3) is 10.2. The van der Waals surface area contributed by atoms with Crippen LogP contribution in [0, 0.1) is 56.5 Å².